The van der Waals surface area contributed by atoms with Gasteiger partial charge in [-0.1, -0.05) is 0 Å². The molecule has 0 saturated carbocycles. The molecule has 0 aromatic heterocycles. The zero-order chi connectivity index (χ0) is 4.50. The summed E-state index contributed by atoms with van der Waals surface area (Å²) in [6.07, 6.45) is 0. The van der Waals surface area contributed by atoms with Gasteiger partial charge in [-0.25, -0.2) is 4.57 Å². The van der Waals surface area contributed by atoms with E-state index < -0.39 is 7.82 Å². The molecular formula is H10Ca3LiO4P. The topological polar surface area (TPSA) is 77.8 Å². The molecule has 0 radical (unpaired) electrons. The van der Waals surface area contributed by atoms with E-state index in [-0.39, 0.29) is 132 Å². The van der Waals surface area contributed by atoms with Crippen LogP contribution in [-0.4, -0.2) is 147 Å². The molecule has 0 spiro atoms. The van der Waals surface area contributed by atoms with E-state index >= 15 is 0 Å². The van der Waals surface area contributed by atoms with E-state index in [4.69, 9.17) is 19.2 Å². The molecule has 46 valence electrons. The number of rotatable bonds is 0. The molecule has 0 fully saturated rings. The van der Waals surface area contributed by atoms with Crippen LogP contribution in [0.4, 0.5) is 0 Å². The van der Waals surface area contributed by atoms with Crippen LogP contribution in [0.15, 0.2) is 0 Å². The summed E-state index contributed by atoms with van der Waals surface area (Å²) in [6.45, 7) is 0. The Balaban J connectivity index is -0.0000000133. The van der Waals surface area contributed by atoms with E-state index in [0.717, 1.165) is 0 Å². The Morgan fingerprint density at radius 3 is 0.889 bits per heavy atom. The van der Waals surface area contributed by atoms with Crippen molar-refractivity contribution in [3.8, 4) is 0 Å². The molecule has 0 amide bonds. The van der Waals surface area contributed by atoms with E-state index in [2.05, 4.69) is 0 Å². The van der Waals surface area contributed by atoms with Gasteiger partial charge < -0.3 is 14.7 Å². The van der Waals surface area contributed by atoms with Crippen molar-refractivity contribution < 1.29 is 19.2 Å². The molecule has 0 rings (SSSR count). The summed E-state index contributed by atoms with van der Waals surface area (Å²) < 4.78 is 8.88. The molecule has 0 aromatic carbocycles. The van der Waals surface area contributed by atoms with Crippen molar-refractivity contribution in [1.29, 1.82) is 0 Å². The van der Waals surface area contributed by atoms with Crippen LogP contribution in [-0.2, 0) is 4.57 Å². The third-order valence-corrected chi connectivity index (χ3v) is 0. The third kappa shape index (κ3) is 68.2. The Hall–Kier alpha value is 4.49. The summed E-state index contributed by atoms with van der Waals surface area (Å²) in [5, 5.41) is 0. The quantitative estimate of drug-likeness (QED) is 0.291. The molecule has 4 nitrogen and oxygen atoms in total. The van der Waals surface area contributed by atoms with Crippen molar-refractivity contribution in [3.05, 3.63) is 0 Å². The van der Waals surface area contributed by atoms with Crippen molar-refractivity contribution in [2.45, 2.75) is 0 Å². The standard InChI is InChI=1S/3Ca.Li.H3O4P.7H/c;;;;1-5(2,3)4;;;;;;;/h;;;;(H3,1,2,3,4);;;;;;;. The van der Waals surface area contributed by atoms with Crippen LogP contribution in [0.25, 0.3) is 0 Å². The van der Waals surface area contributed by atoms with Crippen LogP contribution < -0.4 is 0 Å². The van der Waals surface area contributed by atoms with Gasteiger partial charge in [-0.15, -0.1) is 0 Å². The molecule has 0 saturated heterocycles. The Labute approximate surface area is 155 Å². The molecule has 0 aliphatic rings. The van der Waals surface area contributed by atoms with Crippen molar-refractivity contribution in [1.82, 2.24) is 0 Å². The Morgan fingerprint density at radius 2 is 0.889 bits per heavy atom. The zero-order valence-electron chi connectivity index (χ0n) is 2.20. The summed E-state index contributed by atoms with van der Waals surface area (Å²) in [5.74, 6) is 0. The van der Waals surface area contributed by atoms with E-state index in [9.17, 15) is 0 Å². The summed E-state index contributed by atoms with van der Waals surface area (Å²) in [6, 6.07) is 0. The maximum absolute atomic E-state index is 8.88. The van der Waals surface area contributed by atoms with E-state index in [1.807, 2.05) is 0 Å². The second-order valence-corrected chi connectivity index (χ2v) is 1.54. The molecule has 0 unspecified atom stereocenters. The van der Waals surface area contributed by atoms with Gasteiger partial charge in [0.2, 0.25) is 0 Å². The monoisotopic (exact) mass is 232 g/mol. The first-order valence-corrected chi connectivity index (χ1v) is 2.35. The first-order valence-electron chi connectivity index (χ1n) is 0.783. The fourth-order valence-electron chi connectivity index (χ4n) is 0. The van der Waals surface area contributed by atoms with Crippen LogP contribution in [0.5, 0.6) is 0 Å². The molecular weight excluding hydrogens is 222 g/mol. The summed E-state index contributed by atoms with van der Waals surface area (Å²) in [4.78, 5) is 21.6. The van der Waals surface area contributed by atoms with Gasteiger partial charge in [0, 0.05) is 0 Å². The van der Waals surface area contributed by atoms with E-state index in [0.29, 0.717) is 0 Å². The van der Waals surface area contributed by atoms with Gasteiger partial charge in [0.05, 0.1) is 0 Å². The van der Waals surface area contributed by atoms with Crippen molar-refractivity contribution in [2.75, 3.05) is 0 Å². The third-order valence-electron chi connectivity index (χ3n) is 0. The fraction of sp³-hybridized carbons (Fsp3) is 0. The number of phosphoric acid groups is 1. The van der Waals surface area contributed by atoms with Crippen LogP contribution in [0.1, 0.15) is 0 Å². The average Bonchev–Trinajstić information content (AvgIpc) is 0.722. The van der Waals surface area contributed by atoms with Gasteiger partial charge in [-0.2, -0.15) is 0 Å². The molecule has 0 aromatic rings. The molecule has 0 aliphatic carbocycles. The molecule has 3 N–H and O–H groups in total. The molecule has 0 aliphatic heterocycles. The normalized spacial score (nSPS) is 6.56. The van der Waals surface area contributed by atoms with E-state index in [1.54, 1.807) is 0 Å². The Morgan fingerprint density at radius 1 is 0.889 bits per heavy atom. The second kappa shape index (κ2) is 15.0. The van der Waals surface area contributed by atoms with Crippen molar-refractivity contribution in [3.63, 3.8) is 0 Å². The second-order valence-electron chi connectivity index (χ2n) is 0.513. The first-order chi connectivity index (χ1) is 2.00. The first kappa shape index (κ1) is 29.2. The van der Waals surface area contributed by atoms with Gasteiger partial charge >= 0.3 is 140 Å². The van der Waals surface area contributed by atoms with Gasteiger partial charge in [-0.05, 0) is 0 Å². The van der Waals surface area contributed by atoms with Crippen LogP contribution in [0.3, 0.4) is 0 Å². The fourth-order valence-corrected chi connectivity index (χ4v) is 0. The van der Waals surface area contributed by atoms with Crippen LogP contribution in [0.2, 0.25) is 0 Å². The van der Waals surface area contributed by atoms with Gasteiger partial charge in [0.15, 0.2) is 0 Å². The van der Waals surface area contributed by atoms with Gasteiger partial charge in [-0.3, -0.25) is 0 Å². The van der Waals surface area contributed by atoms with Gasteiger partial charge in [0.25, 0.3) is 0 Å². The Bertz CT molecular complexity index is 61.9. The summed E-state index contributed by atoms with van der Waals surface area (Å²) >= 11 is 0. The maximum atomic E-state index is 8.88. The molecule has 0 bridgehead atoms. The SMILES string of the molecule is O=P(O)(O)O.[CaH2].[CaH2].[CaH2].[LiH]. The van der Waals surface area contributed by atoms with Gasteiger partial charge in [0.1, 0.15) is 0 Å². The van der Waals surface area contributed by atoms with Crippen LogP contribution in [0, 0.1) is 0 Å². The predicted molar refractivity (Wildman–Crippen MR) is 47.0 cm³/mol. The minimum absolute atomic E-state index is 0. The van der Waals surface area contributed by atoms with Crippen LogP contribution >= 0.6 is 7.82 Å². The minimum atomic E-state index is -4.64. The average molecular weight is 232 g/mol. The van der Waals surface area contributed by atoms with Crippen molar-refractivity contribution in [2.24, 2.45) is 0 Å². The zero-order valence-corrected chi connectivity index (χ0v) is 3.09. The summed E-state index contributed by atoms with van der Waals surface area (Å²) in [5.41, 5.74) is 0. The number of hydrogen-bond acceptors (Lipinski definition) is 1. The molecule has 0 atom stereocenters. The Kier molecular flexibility index (Phi) is 48.6. The number of hydrogen-bond donors (Lipinski definition) is 3. The van der Waals surface area contributed by atoms with Crippen molar-refractivity contribution >= 4 is 140 Å². The molecule has 0 heterocycles. The molecule has 9 heteroatoms. The van der Waals surface area contributed by atoms with E-state index in [1.165, 1.54) is 0 Å². The predicted octanol–water partition coefficient (Wildman–Crippen LogP) is -4.33. The molecule has 9 heavy (non-hydrogen) atoms. The summed E-state index contributed by atoms with van der Waals surface area (Å²) in [7, 11) is -4.64.